The predicted molar refractivity (Wildman–Crippen MR) is 53.0 cm³/mol. The molecule has 0 bridgehead atoms. The van der Waals surface area contributed by atoms with Crippen LogP contribution in [0.2, 0.25) is 0 Å². The number of hydrogen-bond donors (Lipinski definition) is 2. The number of rotatable bonds is 1. The summed E-state index contributed by atoms with van der Waals surface area (Å²) in [6.45, 7) is 6.37. The lowest BCUT2D eigenvalue weighted by Crippen LogP contribution is -2.66. The highest BCUT2D eigenvalue weighted by Gasteiger charge is 2.55. The Labute approximate surface area is 84.7 Å². The summed E-state index contributed by atoms with van der Waals surface area (Å²) < 4.78 is 0.00347. The van der Waals surface area contributed by atoms with Crippen molar-refractivity contribution in [2.45, 2.75) is 45.2 Å². The van der Waals surface area contributed by atoms with Crippen LogP contribution in [0.3, 0.4) is 0 Å². The number of carboxylic acid groups (broad SMARTS) is 1. The summed E-state index contributed by atoms with van der Waals surface area (Å²) in [5.41, 5.74) is -0.351. The second-order valence-corrected chi connectivity index (χ2v) is 5.02. The maximum absolute atomic E-state index is 11.4. The van der Waals surface area contributed by atoms with Gasteiger partial charge < -0.3 is 10.2 Å². The minimum atomic E-state index is -0.811. The summed E-state index contributed by atoms with van der Waals surface area (Å²) in [4.78, 5) is 11.4. The molecule has 0 aliphatic carbocycles. The zero-order chi connectivity index (χ0) is 11.0. The number of aliphatic hydroxyl groups excluding tert-OH is 1. The average molecular weight is 202 g/mol. The molecule has 1 aliphatic rings. The molecule has 0 saturated carbocycles. The lowest BCUT2D eigenvalue weighted by molar-refractivity contribution is -0.914. The maximum atomic E-state index is 11.4. The van der Waals surface area contributed by atoms with Crippen molar-refractivity contribution in [2.24, 2.45) is 0 Å². The first-order chi connectivity index (χ1) is 6.36. The van der Waals surface area contributed by atoms with Crippen LogP contribution in [0, 0.1) is 0 Å². The van der Waals surface area contributed by atoms with Crippen molar-refractivity contribution >= 4 is 6.09 Å². The summed E-state index contributed by atoms with van der Waals surface area (Å²) in [7, 11) is 0. The number of likely N-dealkylation sites (tertiary alicyclic amines) is 1. The molecule has 1 rings (SSSR count). The van der Waals surface area contributed by atoms with Gasteiger partial charge in [-0.25, -0.2) is 4.48 Å². The molecular weight excluding hydrogens is 182 g/mol. The van der Waals surface area contributed by atoms with Crippen LogP contribution in [-0.4, -0.2) is 45.5 Å². The Morgan fingerprint density at radius 2 is 2.07 bits per heavy atom. The molecule has 0 aromatic heterocycles. The van der Waals surface area contributed by atoms with E-state index in [1.807, 2.05) is 20.8 Å². The van der Waals surface area contributed by atoms with Crippen LogP contribution in [0.15, 0.2) is 0 Å². The van der Waals surface area contributed by atoms with Gasteiger partial charge in [0, 0.05) is 12.8 Å². The normalized spacial score (nSPS) is 33.3. The summed E-state index contributed by atoms with van der Waals surface area (Å²) in [6.07, 6.45) is 0.878. The molecule has 14 heavy (non-hydrogen) atoms. The molecule has 1 unspecified atom stereocenters. The Morgan fingerprint density at radius 1 is 1.50 bits per heavy atom. The van der Waals surface area contributed by atoms with Gasteiger partial charge in [-0.1, -0.05) is 0 Å². The number of aliphatic hydroxyl groups is 1. The van der Waals surface area contributed by atoms with Gasteiger partial charge in [0.2, 0.25) is 0 Å². The van der Waals surface area contributed by atoms with Gasteiger partial charge in [-0.15, -0.1) is 0 Å². The number of amides is 1. The van der Waals surface area contributed by atoms with Crippen molar-refractivity contribution in [3.8, 4) is 0 Å². The maximum Gasteiger partial charge on any atom is 0.514 e. The number of carbonyl (C=O) groups is 1. The van der Waals surface area contributed by atoms with E-state index in [1.54, 1.807) is 0 Å². The van der Waals surface area contributed by atoms with E-state index in [-0.39, 0.29) is 22.7 Å². The van der Waals surface area contributed by atoms with Gasteiger partial charge in [0.1, 0.15) is 11.6 Å². The fourth-order valence-electron chi connectivity index (χ4n) is 2.63. The first-order valence-corrected chi connectivity index (χ1v) is 5.08. The smallest absolute Gasteiger partial charge is 0.435 e. The summed E-state index contributed by atoms with van der Waals surface area (Å²) in [6, 6.07) is -0.146. The number of hydrogen-bond acceptors (Lipinski definition) is 2. The van der Waals surface area contributed by atoms with E-state index in [0.717, 1.165) is 12.8 Å². The van der Waals surface area contributed by atoms with Crippen LogP contribution >= 0.6 is 0 Å². The lowest BCUT2D eigenvalue weighted by Gasteiger charge is -2.44. The third-order valence-electron chi connectivity index (χ3n) is 3.42. The zero-order valence-corrected chi connectivity index (χ0v) is 9.16. The van der Waals surface area contributed by atoms with Crippen LogP contribution < -0.4 is 0 Å². The largest absolute Gasteiger partial charge is 0.514 e. The molecule has 2 atom stereocenters. The minimum absolute atomic E-state index is 0.00347. The Bertz CT molecular complexity index is 234. The second-order valence-electron chi connectivity index (χ2n) is 5.02. The van der Waals surface area contributed by atoms with Crippen molar-refractivity contribution in [3.63, 3.8) is 0 Å². The Hall–Kier alpha value is -0.610. The minimum Gasteiger partial charge on any atom is -0.435 e. The summed E-state index contributed by atoms with van der Waals surface area (Å²) in [5, 5.41) is 18.6. The van der Waals surface area contributed by atoms with E-state index in [2.05, 4.69) is 0 Å². The SMILES string of the molecule is CC(C)(C)[N+]1(C(=O)O)CCC[C@@H]1CO. The van der Waals surface area contributed by atoms with Gasteiger partial charge in [-0.05, 0) is 20.8 Å². The molecule has 4 nitrogen and oxygen atoms in total. The standard InChI is InChI=1S/C10H19NO3/c1-10(2,3)11(9(13)14)6-4-5-8(11)7-12/h8,12H,4-7H2,1-3H3/p+1/t8-,11?/m1/s1. The van der Waals surface area contributed by atoms with Gasteiger partial charge in [0.05, 0.1) is 13.2 Å². The molecule has 1 fully saturated rings. The van der Waals surface area contributed by atoms with E-state index in [4.69, 9.17) is 0 Å². The second kappa shape index (κ2) is 3.51. The topological polar surface area (TPSA) is 57.5 Å². The van der Waals surface area contributed by atoms with Crippen molar-refractivity contribution in [1.29, 1.82) is 0 Å². The van der Waals surface area contributed by atoms with Crippen LogP contribution in [-0.2, 0) is 0 Å². The third kappa shape index (κ3) is 1.42. The third-order valence-corrected chi connectivity index (χ3v) is 3.42. The highest BCUT2D eigenvalue weighted by molar-refractivity contribution is 5.58. The molecule has 0 aromatic rings. The highest BCUT2D eigenvalue weighted by Crippen LogP contribution is 2.36. The van der Waals surface area contributed by atoms with E-state index >= 15 is 0 Å². The Kier molecular flexibility index (Phi) is 2.88. The van der Waals surface area contributed by atoms with Gasteiger partial charge in [-0.2, -0.15) is 4.79 Å². The van der Waals surface area contributed by atoms with Crippen molar-refractivity contribution in [1.82, 2.24) is 0 Å². The van der Waals surface area contributed by atoms with Crippen molar-refractivity contribution in [2.75, 3.05) is 13.2 Å². The highest BCUT2D eigenvalue weighted by atomic mass is 16.4. The molecule has 4 heteroatoms. The molecule has 82 valence electrons. The molecule has 1 heterocycles. The number of nitrogens with zero attached hydrogens (tertiary/aromatic N) is 1. The van der Waals surface area contributed by atoms with E-state index in [9.17, 15) is 15.0 Å². The van der Waals surface area contributed by atoms with Gasteiger partial charge in [0.25, 0.3) is 0 Å². The fraction of sp³-hybridized carbons (Fsp3) is 0.900. The van der Waals surface area contributed by atoms with Crippen molar-refractivity contribution < 1.29 is 19.5 Å². The van der Waals surface area contributed by atoms with E-state index in [0.29, 0.717) is 6.54 Å². The molecule has 1 amide bonds. The van der Waals surface area contributed by atoms with Gasteiger partial charge in [-0.3, -0.25) is 0 Å². The molecular formula is C10H20NO3+. The van der Waals surface area contributed by atoms with Gasteiger partial charge >= 0.3 is 6.09 Å². The van der Waals surface area contributed by atoms with Gasteiger partial charge in [0.15, 0.2) is 0 Å². The zero-order valence-electron chi connectivity index (χ0n) is 9.16. The molecule has 0 aromatic carbocycles. The monoisotopic (exact) mass is 202 g/mol. The van der Waals surface area contributed by atoms with E-state index in [1.165, 1.54) is 0 Å². The van der Waals surface area contributed by atoms with Crippen LogP contribution in [0.1, 0.15) is 33.6 Å². The molecule has 1 aliphatic heterocycles. The molecule has 1 saturated heterocycles. The summed E-state index contributed by atoms with van der Waals surface area (Å²) in [5.74, 6) is 0. The van der Waals surface area contributed by atoms with Crippen LogP contribution in [0.5, 0.6) is 0 Å². The summed E-state index contributed by atoms with van der Waals surface area (Å²) >= 11 is 0. The average Bonchev–Trinajstić information content (AvgIpc) is 2.46. The fourth-order valence-corrected chi connectivity index (χ4v) is 2.63. The lowest BCUT2D eigenvalue weighted by atomic mass is 10.00. The number of quaternary nitrogens is 1. The Morgan fingerprint density at radius 3 is 2.36 bits per heavy atom. The van der Waals surface area contributed by atoms with Crippen LogP contribution in [0.25, 0.3) is 0 Å². The van der Waals surface area contributed by atoms with Crippen molar-refractivity contribution in [3.05, 3.63) is 0 Å². The predicted octanol–water partition coefficient (Wildman–Crippen LogP) is 1.43. The molecule has 2 N–H and O–H groups in total. The Balaban J connectivity index is 3.10. The van der Waals surface area contributed by atoms with E-state index < -0.39 is 6.09 Å². The van der Waals surface area contributed by atoms with Crippen LogP contribution in [0.4, 0.5) is 4.79 Å². The quantitative estimate of drug-likeness (QED) is 0.632. The first-order valence-electron chi connectivity index (χ1n) is 5.08. The molecule has 0 spiro atoms. The first kappa shape index (κ1) is 11.5. The molecule has 0 radical (unpaired) electrons.